The second-order valence-electron chi connectivity index (χ2n) is 3.65. The first-order valence-electron chi connectivity index (χ1n) is 4.89. The van der Waals surface area contributed by atoms with Crippen LogP contribution in [0.5, 0.6) is 5.75 Å². The molecule has 15 heavy (non-hydrogen) atoms. The van der Waals surface area contributed by atoms with Gasteiger partial charge in [-0.05, 0) is 24.1 Å². The second kappa shape index (κ2) is 4.31. The van der Waals surface area contributed by atoms with Crippen LogP contribution >= 0.6 is 0 Å². The minimum Gasteiger partial charge on any atom is -0.508 e. The van der Waals surface area contributed by atoms with E-state index in [0.29, 0.717) is 6.61 Å². The molecule has 1 aromatic carbocycles. The van der Waals surface area contributed by atoms with Crippen LogP contribution in [-0.2, 0) is 16.0 Å². The Hall–Kier alpha value is -1.55. The maximum atomic E-state index is 11.0. The highest BCUT2D eigenvalue weighted by atomic mass is 16.5. The van der Waals surface area contributed by atoms with E-state index >= 15 is 0 Å². The van der Waals surface area contributed by atoms with Crippen LogP contribution in [0.3, 0.4) is 0 Å². The van der Waals surface area contributed by atoms with Gasteiger partial charge in [0.05, 0.1) is 12.6 Å². The Labute approximate surface area is 87.9 Å². The molecule has 0 saturated carbocycles. The minimum absolute atomic E-state index is 0.0378. The number of carbonyl (C=O) groups is 1. The van der Waals surface area contributed by atoms with Crippen LogP contribution in [0.15, 0.2) is 24.3 Å². The van der Waals surface area contributed by atoms with Crippen molar-refractivity contribution >= 4 is 5.91 Å². The molecule has 0 spiro atoms. The molecule has 4 heteroatoms. The first-order chi connectivity index (χ1) is 7.24. The number of carbonyl (C=O) groups excluding carboxylic acids is 1. The van der Waals surface area contributed by atoms with Gasteiger partial charge in [-0.1, -0.05) is 12.1 Å². The molecular weight excluding hydrogens is 194 g/mol. The fourth-order valence-corrected chi connectivity index (χ4v) is 1.63. The van der Waals surface area contributed by atoms with Crippen molar-refractivity contribution in [2.75, 3.05) is 13.2 Å². The molecule has 1 aliphatic heterocycles. The summed E-state index contributed by atoms with van der Waals surface area (Å²) in [7, 11) is 0. The monoisotopic (exact) mass is 207 g/mol. The van der Waals surface area contributed by atoms with Gasteiger partial charge >= 0.3 is 0 Å². The lowest BCUT2D eigenvalue weighted by Crippen LogP contribution is -2.46. The van der Waals surface area contributed by atoms with Gasteiger partial charge in [0, 0.05) is 0 Å². The van der Waals surface area contributed by atoms with E-state index in [1.165, 1.54) is 0 Å². The lowest BCUT2D eigenvalue weighted by Gasteiger charge is -2.23. The standard InChI is InChI=1S/C11H13NO3/c13-10-3-1-8(2-4-10)5-9-6-15-7-11(14)12-9/h1-4,9,13H,5-7H2,(H,12,14). The molecule has 1 saturated heterocycles. The topological polar surface area (TPSA) is 58.6 Å². The molecule has 1 atom stereocenters. The van der Waals surface area contributed by atoms with Gasteiger partial charge in [0.15, 0.2) is 0 Å². The Bertz CT molecular complexity index is 347. The lowest BCUT2D eigenvalue weighted by molar-refractivity contribution is -0.131. The number of rotatable bonds is 2. The van der Waals surface area contributed by atoms with Crippen molar-refractivity contribution in [1.29, 1.82) is 0 Å². The predicted octanol–water partition coefficient (Wildman–Crippen LogP) is 0.450. The summed E-state index contributed by atoms with van der Waals surface area (Å²) < 4.78 is 5.13. The van der Waals surface area contributed by atoms with E-state index in [1.54, 1.807) is 12.1 Å². The van der Waals surface area contributed by atoms with E-state index in [9.17, 15) is 4.79 Å². The zero-order valence-corrected chi connectivity index (χ0v) is 8.27. The number of aromatic hydroxyl groups is 1. The molecule has 2 N–H and O–H groups in total. The highest BCUT2D eigenvalue weighted by Gasteiger charge is 2.18. The van der Waals surface area contributed by atoms with Crippen molar-refractivity contribution in [1.82, 2.24) is 5.32 Å². The Morgan fingerprint density at radius 2 is 2.13 bits per heavy atom. The lowest BCUT2D eigenvalue weighted by atomic mass is 10.1. The molecule has 1 aliphatic rings. The number of ether oxygens (including phenoxy) is 1. The summed E-state index contributed by atoms with van der Waals surface area (Å²) in [6, 6.07) is 7.00. The van der Waals surface area contributed by atoms with Gasteiger partial charge < -0.3 is 15.2 Å². The normalized spacial score (nSPS) is 21.1. The quantitative estimate of drug-likeness (QED) is 0.740. The largest absolute Gasteiger partial charge is 0.508 e. The minimum atomic E-state index is -0.0648. The molecule has 80 valence electrons. The highest BCUT2D eigenvalue weighted by molar-refractivity contribution is 5.78. The summed E-state index contributed by atoms with van der Waals surface area (Å²) in [4.78, 5) is 11.0. The third-order valence-corrected chi connectivity index (χ3v) is 2.34. The number of benzene rings is 1. The molecule has 0 radical (unpaired) electrons. The fraction of sp³-hybridized carbons (Fsp3) is 0.364. The van der Waals surface area contributed by atoms with Crippen molar-refractivity contribution in [3.63, 3.8) is 0 Å². The Morgan fingerprint density at radius 1 is 1.40 bits per heavy atom. The van der Waals surface area contributed by atoms with Gasteiger partial charge in [-0.2, -0.15) is 0 Å². The Morgan fingerprint density at radius 3 is 2.80 bits per heavy atom. The number of hydrogen-bond acceptors (Lipinski definition) is 3. The molecule has 1 unspecified atom stereocenters. The third-order valence-electron chi connectivity index (χ3n) is 2.34. The number of morpholine rings is 1. The summed E-state index contributed by atoms with van der Waals surface area (Å²) in [5, 5.41) is 12.0. The number of nitrogens with one attached hydrogen (secondary N) is 1. The summed E-state index contributed by atoms with van der Waals surface area (Å²) in [6.07, 6.45) is 0.728. The van der Waals surface area contributed by atoms with Gasteiger partial charge in [-0.3, -0.25) is 4.79 Å². The summed E-state index contributed by atoms with van der Waals surface area (Å²) >= 11 is 0. The van der Waals surface area contributed by atoms with Crippen LogP contribution in [0.25, 0.3) is 0 Å². The molecular formula is C11H13NO3. The Kier molecular flexibility index (Phi) is 2.87. The fourth-order valence-electron chi connectivity index (χ4n) is 1.63. The van der Waals surface area contributed by atoms with Crippen LogP contribution < -0.4 is 5.32 Å². The average Bonchev–Trinajstić information content (AvgIpc) is 2.22. The zero-order chi connectivity index (χ0) is 10.7. The van der Waals surface area contributed by atoms with Crippen molar-refractivity contribution in [2.45, 2.75) is 12.5 Å². The number of amides is 1. The third kappa shape index (κ3) is 2.70. The van der Waals surface area contributed by atoms with Gasteiger partial charge in [0.25, 0.3) is 0 Å². The molecule has 4 nitrogen and oxygen atoms in total. The van der Waals surface area contributed by atoms with Crippen LogP contribution in [0.2, 0.25) is 0 Å². The van der Waals surface area contributed by atoms with Crippen molar-refractivity contribution in [2.24, 2.45) is 0 Å². The van der Waals surface area contributed by atoms with Gasteiger partial charge in [0.1, 0.15) is 12.4 Å². The smallest absolute Gasteiger partial charge is 0.246 e. The zero-order valence-electron chi connectivity index (χ0n) is 8.27. The van der Waals surface area contributed by atoms with Crippen LogP contribution in [0.1, 0.15) is 5.56 Å². The second-order valence-corrected chi connectivity index (χ2v) is 3.65. The van der Waals surface area contributed by atoms with E-state index in [1.807, 2.05) is 12.1 Å². The molecule has 0 bridgehead atoms. The number of hydrogen-bond donors (Lipinski definition) is 2. The average molecular weight is 207 g/mol. The van der Waals surface area contributed by atoms with Crippen molar-refractivity contribution < 1.29 is 14.6 Å². The van der Waals surface area contributed by atoms with E-state index in [2.05, 4.69) is 5.32 Å². The first kappa shape index (κ1) is 9.98. The van der Waals surface area contributed by atoms with Gasteiger partial charge in [-0.25, -0.2) is 0 Å². The van der Waals surface area contributed by atoms with E-state index < -0.39 is 0 Å². The SMILES string of the molecule is O=C1COCC(Cc2ccc(O)cc2)N1. The number of phenols is 1. The van der Waals surface area contributed by atoms with Crippen molar-refractivity contribution in [3.05, 3.63) is 29.8 Å². The Balaban J connectivity index is 1.96. The highest BCUT2D eigenvalue weighted by Crippen LogP contribution is 2.12. The molecule has 0 aromatic heterocycles. The van der Waals surface area contributed by atoms with E-state index in [4.69, 9.17) is 9.84 Å². The van der Waals surface area contributed by atoms with Crippen molar-refractivity contribution in [3.8, 4) is 5.75 Å². The molecule has 1 fully saturated rings. The van der Waals surface area contributed by atoms with E-state index in [-0.39, 0.29) is 24.3 Å². The van der Waals surface area contributed by atoms with Gasteiger partial charge in [-0.15, -0.1) is 0 Å². The molecule has 2 rings (SSSR count). The number of phenolic OH excluding ortho intramolecular Hbond substituents is 1. The summed E-state index contributed by atoms with van der Waals surface area (Å²) in [5.41, 5.74) is 1.07. The van der Waals surface area contributed by atoms with E-state index in [0.717, 1.165) is 12.0 Å². The molecule has 1 heterocycles. The maximum absolute atomic E-state index is 11.0. The predicted molar refractivity (Wildman–Crippen MR) is 54.6 cm³/mol. The maximum Gasteiger partial charge on any atom is 0.246 e. The van der Waals surface area contributed by atoms with Crippen LogP contribution in [-0.4, -0.2) is 30.3 Å². The summed E-state index contributed by atoms with van der Waals surface area (Å²) in [6.45, 7) is 0.707. The van der Waals surface area contributed by atoms with Crippen LogP contribution in [0, 0.1) is 0 Å². The van der Waals surface area contributed by atoms with Crippen LogP contribution in [0.4, 0.5) is 0 Å². The van der Waals surface area contributed by atoms with Gasteiger partial charge in [0.2, 0.25) is 5.91 Å². The summed E-state index contributed by atoms with van der Waals surface area (Å²) in [5.74, 6) is 0.188. The first-order valence-corrected chi connectivity index (χ1v) is 4.89. The molecule has 1 aromatic rings. The molecule has 1 amide bonds. The molecule has 0 aliphatic carbocycles.